The number of hydrogen-bond donors (Lipinski definition) is 1. The Balaban J connectivity index is 2.10. The molecule has 0 aromatic heterocycles. The van der Waals surface area contributed by atoms with Crippen molar-refractivity contribution in [2.24, 2.45) is 0 Å². The van der Waals surface area contributed by atoms with E-state index in [1.54, 1.807) is 31.2 Å². The lowest BCUT2D eigenvalue weighted by molar-refractivity contribution is -0.139. The number of nitrogens with zero attached hydrogens (tertiary/aromatic N) is 1. The molecular weight excluding hydrogens is 443 g/mol. The fraction of sp³-hybridized carbons (Fsp3) is 0.364. The van der Waals surface area contributed by atoms with Crippen molar-refractivity contribution in [3.8, 4) is 5.75 Å². The summed E-state index contributed by atoms with van der Waals surface area (Å²) in [7, 11) is 3.20. The molecule has 162 valence electrons. The fourth-order valence-electron chi connectivity index (χ4n) is 2.98. The second-order valence-electron chi connectivity index (χ2n) is 6.65. The van der Waals surface area contributed by atoms with Gasteiger partial charge in [0.05, 0.1) is 22.9 Å². The zero-order chi connectivity index (χ0) is 22.1. The van der Waals surface area contributed by atoms with Crippen LogP contribution in [0.5, 0.6) is 5.75 Å². The van der Waals surface area contributed by atoms with Gasteiger partial charge in [-0.2, -0.15) is 0 Å². The lowest BCUT2D eigenvalue weighted by Gasteiger charge is -2.30. The molecule has 1 atom stereocenters. The standard InChI is InChI=1S/C22H26Cl2N2O3S/c1-4-20(22(28)25-2)26(12-16-7-10-18(23)19(24)11-16)21(27)14-30-13-15-5-8-17(29-3)9-6-15/h5-11,20H,4,12-14H2,1-3H3,(H,25,28). The van der Waals surface area contributed by atoms with E-state index in [4.69, 9.17) is 27.9 Å². The number of likely N-dealkylation sites (N-methyl/N-ethyl adjacent to an activating group) is 1. The summed E-state index contributed by atoms with van der Waals surface area (Å²) >= 11 is 13.6. The van der Waals surface area contributed by atoms with Crippen LogP contribution in [-0.2, 0) is 21.9 Å². The first-order chi connectivity index (χ1) is 14.4. The number of ether oxygens (including phenoxy) is 1. The molecule has 0 aliphatic carbocycles. The van der Waals surface area contributed by atoms with Gasteiger partial charge in [-0.15, -0.1) is 11.8 Å². The molecule has 0 spiro atoms. The maximum atomic E-state index is 13.1. The van der Waals surface area contributed by atoms with Crippen molar-refractivity contribution in [2.75, 3.05) is 19.9 Å². The maximum absolute atomic E-state index is 13.1. The topological polar surface area (TPSA) is 58.6 Å². The molecular formula is C22H26Cl2N2O3S. The molecule has 0 fully saturated rings. The summed E-state index contributed by atoms with van der Waals surface area (Å²) < 4.78 is 5.16. The summed E-state index contributed by atoms with van der Waals surface area (Å²) in [6.07, 6.45) is 0.510. The number of nitrogens with one attached hydrogen (secondary N) is 1. The van der Waals surface area contributed by atoms with E-state index >= 15 is 0 Å². The van der Waals surface area contributed by atoms with E-state index in [-0.39, 0.29) is 24.1 Å². The number of rotatable bonds is 10. The minimum Gasteiger partial charge on any atom is -0.497 e. The van der Waals surface area contributed by atoms with Gasteiger partial charge in [0.15, 0.2) is 0 Å². The van der Waals surface area contributed by atoms with Crippen molar-refractivity contribution >= 4 is 46.8 Å². The monoisotopic (exact) mass is 468 g/mol. The maximum Gasteiger partial charge on any atom is 0.242 e. The highest BCUT2D eigenvalue weighted by Gasteiger charge is 2.28. The first-order valence-corrected chi connectivity index (χ1v) is 11.5. The molecule has 0 aliphatic rings. The van der Waals surface area contributed by atoms with Crippen molar-refractivity contribution in [3.05, 3.63) is 63.6 Å². The van der Waals surface area contributed by atoms with Gasteiger partial charge in [-0.3, -0.25) is 9.59 Å². The highest BCUT2D eigenvalue weighted by Crippen LogP contribution is 2.24. The SMILES string of the molecule is CCC(C(=O)NC)N(Cc1ccc(Cl)c(Cl)c1)C(=O)CSCc1ccc(OC)cc1. The third-order valence-electron chi connectivity index (χ3n) is 4.62. The van der Waals surface area contributed by atoms with Crippen molar-refractivity contribution in [3.63, 3.8) is 0 Å². The van der Waals surface area contributed by atoms with Crippen LogP contribution in [0.4, 0.5) is 0 Å². The third-order valence-corrected chi connectivity index (χ3v) is 6.35. The fourth-order valence-corrected chi connectivity index (χ4v) is 4.17. The van der Waals surface area contributed by atoms with Gasteiger partial charge in [0.25, 0.3) is 0 Å². The van der Waals surface area contributed by atoms with Gasteiger partial charge < -0.3 is 15.0 Å². The second-order valence-corrected chi connectivity index (χ2v) is 8.45. The van der Waals surface area contributed by atoms with E-state index in [0.29, 0.717) is 22.2 Å². The number of thioether (sulfide) groups is 1. The zero-order valence-electron chi connectivity index (χ0n) is 17.3. The number of carbonyl (C=O) groups is 2. The largest absolute Gasteiger partial charge is 0.497 e. The van der Waals surface area contributed by atoms with Crippen LogP contribution in [0.2, 0.25) is 10.0 Å². The van der Waals surface area contributed by atoms with Crippen LogP contribution in [0.3, 0.4) is 0 Å². The summed E-state index contributed by atoms with van der Waals surface area (Å²) in [4.78, 5) is 27.1. The number of amides is 2. The molecule has 5 nitrogen and oxygen atoms in total. The van der Waals surface area contributed by atoms with E-state index in [2.05, 4.69) is 5.32 Å². The van der Waals surface area contributed by atoms with Crippen LogP contribution in [0.15, 0.2) is 42.5 Å². The van der Waals surface area contributed by atoms with Crippen molar-refractivity contribution in [2.45, 2.75) is 31.7 Å². The molecule has 8 heteroatoms. The van der Waals surface area contributed by atoms with E-state index in [1.165, 1.54) is 11.8 Å². The molecule has 2 amide bonds. The van der Waals surface area contributed by atoms with E-state index < -0.39 is 6.04 Å². The minimum atomic E-state index is -0.557. The van der Waals surface area contributed by atoms with E-state index in [1.807, 2.05) is 37.3 Å². The Kier molecular flexibility index (Phi) is 9.82. The van der Waals surface area contributed by atoms with Gasteiger partial charge in [-0.1, -0.05) is 48.3 Å². The minimum absolute atomic E-state index is 0.102. The lowest BCUT2D eigenvalue weighted by atomic mass is 10.1. The Morgan fingerprint density at radius 3 is 2.33 bits per heavy atom. The number of carbonyl (C=O) groups excluding carboxylic acids is 2. The third kappa shape index (κ3) is 6.83. The molecule has 0 aliphatic heterocycles. The number of hydrogen-bond acceptors (Lipinski definition) is 4. The molecule has 0 radical (unpaired) electrons. The Bertz CT molecular complexity index is 862. The molecule has 0 heterocycles. The predicted octanol–water partition coefficient (Wildman–Crippen LogP) is 4.79. The van der Waals surface area contributed by atoms with Crippen LogP contribution in [0.1, 0.15) is 24.5 Å². The first-order valence-electron chi connectivity index (χ1n) is 9.55. The highest BCUT2D eigenvalue weighted by atomic mass is 35.5. The quantitative estimate of drug-likeness (QED) is 0.544. The second kappa shape index (κ2) is 12.1. The zero-order valence-corrected chi connectivity index (χ0v) is 19.6. The normalized spacial score (nSPS) is 11.6. The Hall–Kier alpha value is -1.89. The first kappa shape index (κ1) is 24.4. The Labute approximate surface area is 192 Å². The smallest absolute Gasteiger partial charge is 0.242 e. The van der Waals surface area contributed by atoms with Crippen molar-refractivity contribution in [1.82, 2.24) is 10.2 Å². The molecule has 1 unspecified atom stereocenters. The van der Waals surface area contributed by atoms with Crippen LogP contribution in [-0.4, -0.2) is 42.7 Å². The number of benzene rings is 2. The molecule has 0 bridgehead atoms. The summed E-state index contributed by atoms with van der Waals surface area (Å²) in [6, 6.07) is 12.4. The van der Waals surface area contributed by atoms with E-state index in [0.717, 1.165) is 16.9 Å². The Morgan fingerprint density at radius 2 is 1.77 bits per heavy atom. The molecule has 2 aromatic carbocycles. The number of halogens is 2. The van der Waals surface area contributed by atoms with Crippen molar-refractivity contribution < 1.29 is 14.3 Å². The van der Waals surface area contributed by atoms with Crippen LogP contribution >= 0.6 is 35.0 Å². The van der Waals surface area contributed by atoms with Crippen LogP contribution < -0.4 is 10.1 Å². The average Bonchev–Trinajstić information content (AvgIpc) is 2.76. The molecule has 1 N–H and O–H groups in total. The summed E-state index contributed by atoms with van der Waals surface area (Å²) in [5, 5.41) is 3.52. The molecule has 2 rings (SSSR count). The van der Waals surface area contributed by atoms with E-state index in [9.17, 15) is 9.59 Å². The number of methoxy groups -OCH3 is 1. The lowest BCUT2D eigenvalue weighted by Crippen LogP contribution is -2.48. The Morgan fingerprint density at radius 1 is 1.10 bits per heavy atom. The van der Waals surface area contributed by atoms with Gasteiger partial charge in [-0.05, 0) is 41.8 Å². The van der Waals surface area contributed by atoms with Gasteiger partial charge in [-0.25, -0.2) is 0 Å². The molecule has 0 saturated heterocycles. The highest BCUT2D eigenvalue weighted by molar-refractivity contribution is 7.99. The summed E-state index contributed by atoms with van der Waals surface area (Å²) in [6.45, 7) is 2.17. The van der Waals surface area contributed by atoms with Crippen molar-refractivity contribution in [1.29, 1.82) is 0 Å². The molecule has 30 heavy (non-hydrogen) atoms. The molecule has 2 aromatic rings. The molecule has 0 saturated carbocycles. The van der Waals surface area contributed by atoms with Gasteiger partial charge >= 0.3 is 0 Å². The van der Waals surface area contributed by atoms with Crippen LogP contribution in [0.25, 0.3) is 0 Å². The summed E-state index contributed by atoms with van der Waals surface area (Å²) in [5.74, 6) is 1.46. The predicted molar refractivity (Wildman–Crippen MR) is 124 cm³/mol. The average molecular weight is 469 g/mol. The van der Waals surface area contributed by atoms with Crippen LogP contribution in [0, 0.1) is 0 Å². The van der Waals surface area contributed by atoms with Gasteiger partial charge in [0, 0.05) is 19.3 Å². The van der Waals surface area contributed by atoms with Gasteiger partial charge in [0.1, 0.15) is 11.8 Å². The van der Waals surface area contributed by atoms with Gasteiger partial charge in [0.2, 0.25) is 11.8 Å². The summed E-state index contributed by atoms with van der Waals surface area (Å²) in [5.41, 5.74) is 1.92.